The van der Waals surface area contributed by atoms with Crippen LogP contribution in [0.4, 0.5) is 0 Å². The van der Waals surface area contributed by atoms with Gasteiger partial charge in [-0.05, 0) is 43.2 Å². The highest BCUT2D eigenvalue weighted by Crippen LogP contribution is 2.27. The lowest BCUT2D eigenvalue weighted by atomic mass is 10.1. The molecule has 0 fully saturated rings. The molecule has 1 amide bonds. The Morgan fingerprint density at radius 3 is 2.64 bits per heavy atom. The average Bonchev–Trinajstić information content (AvgIpc) is 3.08. The summed E-state index contributed by atoms with van der Waals surface area (Å²) in [7, 11) is 3.18. The predicted octanol–water partition coefficient (Wildman–Crippen LogP) is 3.36. The third kappa shape index (κ3) is 4.44. The van der Waals surface area contributed by atoms with Crippen molar-refractivity contribution in [2.75, 3.05) is 20.8 Å². The first-order valence-corrected chi connectivity index (χ1v) is 9.58. The molecule has 0 saturated heterocycles. The van der Waals surface area contributed by atoms with Crippen LogP contribution in [0, 0.1) is 0 Å². The van der Waals surface area contributed by atoms with Crippen molar-refractivity contribution in [1.82, 2.24) is 14.9 Å². The molecule has 3 rings (SSSR count). The summed E-state index contributed by atoms with van der Waals surface area (Å²) in [4.78, 5) is 17.0. The molecule has 0 unspecified atom stereocenters. The first-order chi connectivity index (χ1) is 13.7. The Hall–Kier alpha value is -3.02. The van der Waals surface area contributed by atoms with Gasteiger partial charge in [-0.1, -0.05) is 18.2 Å². The number of nitrogens with one attached hydrogen (secondary N) is 1. The number of hydrogen-bond acceptors (Lipinski definition) is 4. The number of methoxy groups -OCH3 is 2. The number of nitrogens with zero attached hydrogens (tertiary/aromatic N) is 2. The van der Waals surface area contributed by atoms with Gasteiger partial charge in [-0.25, -0.2) is 4.98 Å². The van der Waals surface area contributed by atoms with Crippen LogP contribution in [0.25, 0.3) is 11.0 Å². The number of amides is 1. The summed E-state index contributed by atoms with van der Waals surface area (Å²) in [6.07, 6.45) is 1.99. The average molecular weight is 381 g/mol. The number of para-hydroxylation sites is 2. The Morgan fingerprint density at radius 2 is 1.89 bits per heavy atom. The van der Waals surface area contributed by atoms with E-state index < -0.39 is 0 Å². The van der Waals surface area contributed by atoms with Crippen molar-refractivity contribution in [2.24, 2.45) is 0 Å². The van der Waals surface area contributed by atoms with E-state index in [4.69, 9.17) is 14.5 Å². The number of aromatic nitrogens is 2. The zero-order chi connectivity index (χ0) is 19.9. The fourth-order valence-corrected chi connectivity index (χ4v) is 3.38. The van der Waals surface area contributed by atoms with E-state index in [0.29, 0.717) is 24.5 Å². The van der Waals surface area contributed by atoms with E-state index in [-0.39, 0.29) is 5.91 Å². The molecule has 0 atom stereocenters. The van der Waals surface area contributed by atoms with Gasteiger partial charge in [0.25, 0.3) is 0 Å². The number of carbonyl (C=O) groups excluding carboxylic acids is 1. The second-order valence-electron chi connectivity index (χ2n) is 6.58. The molecule has 6 heteroatoms. The third-order valence-corrected chi connectivity index (χ3v) is 4.76. The number of rotatable bonds is 9. The summed E-state index contributed by atoms with van der Waals surface area (Å²) in [5.41, 5.74) is 3.08. The van der Waals surface area contributed by atoms with Crippen molar-refractivity contribution in [3.63, 3.8) is 0 Å². The molecule has 0 radical (unpaired) electrons. The molecule has 2 aromatic carbocycles. The molecule has 0 aliphatic heterocycles. The highest BCUT2D eigenvalue weighted by Gasteiger charge is 2.10. The van der Waals surface area contributed by atoms with E-state index in [2.05, 4.69) is 22.9 Å². The number of hydrogen-bond donors (Lipinski definition) is 1. The lowest BCUT2D eigenvalue weighted by Crippen LogP contribution is -2.26. The summed E-state index contributed by atoms with van der Waals surface area (Å²) in [5.74, 6) is 2.35. The molecule has 6 nitrogen and oxygen atoms in total. The van der Waals surface area contributed by atoms with Gasteiger partial charge in [0, 0.05) is 19.5 Å². The van der Waals surface area contributed by atoms with E-state index in [0.717, 1.165) is 41.8 Å². The number of ether oxygens (including phenoxy) is 2. The quantitative estimate of drug-likeness (QED) is 0.577. The van der Waals surface area contributed by atoms with Crippen LogP contribution >= 0.6 is 0 Å². The Balaban J connectivity index is 1.51. The number of fused-ring (bicyclic) bond motifs is 1. The number of aryl methyl sites for hydroxylation is 2. The highest BCUT2D eigenvalue weighted by atomic mass is 16.5. The number of carbonyl (C=O) groups is 1. The summed E-state index contributed by atoms with van der Waals surface area (Å²) in [6, 6.07) is 13.7. The zero-order valence-electron chi connectivity index (χ0n) is 16.7. The minimum absolute atomic E-state index is 0.00351. The molecule has 148 valence electrons. The minimum Gasteiger partial charge on any atom is -0.493 e. The Kier molecular flexibility index (Phi) is 6.53. The van der Waals surface area contributed by atoms with Crippen molar-refractivity contribution in [2.45, 2.75) is 32.7 Å². The Bertz CT molecular complexity index is 949. The van der Waals surface area contributed by atoms with Crippen molar-refractivity contribution >= 4 is 16.9 Å². The van der Waals surface area contributed by atoms with Gasteiger partial charge in [-0.15, -0.1) is 0 Å². The predicted molar refractivity (Wildman–Crippen MR) is 110 cm³/mol. The first kappa shape index (κ1) is 19.7. The van der Waals surface area contributed by atoms with Crippen LogP contribution in [0.2, 0.25) is 0 Å². The van der Waals surface area contributed by atoms with Crippen LogP contribution in [0.15, 0.2) is 42.5 Å². The summed E-state index contributed by atoms with van der Waals surface area (Å²) < 4.78 is 12.7. The van der Waals surface area contributed by atoms with Crippen LogP contribution in [0.1, 0.15) is 24.7 Å². The lowest BCUT2D eigenvalue weighted by Gasteiger charge is -2.10. The van der Waals surface area contributed by atoms with Gasteiger partial charge in [0.05, 0.1) is 31.7 Å². The molecule has 0 aliphatic carbocycles. The maximum absolute atomic E-state index is 12.2. The van der Waals surface area contributed by atoms with Crippen LogP contribution in [0.3, 0.4) is 0 Å². The van der Waals surface area contributed by atoms with Crippen molar-refractivity contribution in [3.05, 3.63) is 53.9 Å². The molecule has 0 spiro atoms. The summed E-state index contributed by atoms with van der Waals surface area (Å²) >= 11 is 0. The molecule has 28 heavy (non-hydrogen) atoms. The number of benzene rings is 2. The highest BCUT2D eigenvalue weighted by molar-refractivity contribution is 5.78. The third-order valence-electron chi connectivity index (χ3n) is 4.76. The monoisotopic (exact) mass is 381 g/mol. The zero-order valence-corrected chi connectivity index (χ0v) is 16.7. The normalized spacial score (nSPS) is 10.8. The van der Waals surface area contributed by atoms with Crippen molar-refractivity contribution in [1.29, 1.82) is 0 Å². The SMILES string of the molecule is CCn1c(CCCNC(=O)Cc2ccc(OC)c(OC)c2)nc2ccccc21. The molecular formula is C22H27N3O3. The molecule has 1 aromatic heterocycles. The second kappa shape index (κ2) is 9.26. The largest absolute Gasteiger partial charge is 0.493 e. The fourth-order valence-electron chi connectivity index (χ4n) is 3.38. The topological polar surface area (TPSA) is 65.4 Å². The van der Waals surface area contributed by atoms with Gasteiger partial charge >= 0.3 is 0 Å². The lowest BCUT2D eigenvalue weighted by molar-refractivity contribution is -0.120. The second-order valence-corrected chi connectivity index (χ2v) is 6.58. The summed E-state index contributed by atoms with van der Waals surface area (Å²) in [6.45, 7) is 3.64. The smallest absolute Gasteiger partial charge is 0.224 e. The maximum atomic E-state index is 12.2. The molecule has 0 saturated carbocycles. The Morgan fingerprint density at radius 1 is 1.11 bits per heavy atom. The van der Waals surface area contributed by atoms with Crippen molar-refractivity contribution in [3.8, 4) is 11.5 Å². The number of imidazole rings is 1. The molecule has 3 aromatic rings. The molecule has 1 N–H and O–H groups in total. The summed E-state index contributed by atoms with van der Waals surface area (Å²) in [5, 5.41) is 2.99. The molecule has 0 aliphatic rings. The first-order valence-electron chi connectivity index (χ1n) is 9.58. The van der Waals surface area contributed by atoms with Gasteiger partial charge in [-0.2, -0.15) is 0 Å². The van der Waals surface area contributed by atoms with Crippen LogP contribution < -0.4 is 14.8 Å². The van der Waals surface area contributed by atoms with Gasteiger partial charge in [0.15, 0.2) is 11.5 Å². The molecule has 1 heterocycles. The van der Waals surface area contributed by atoms with E-state index in [9.17, 15) is 4.79 Å². The maximum Gasteiger partial charge on any atom is 0.224 e. The molecular weight excluding hydrogens is 354 g/mol. The van der Waals surface area contributed by atoms with Crippen LogP contribution in [0.5, 0.6) is 11.5 Å². The van der Waals surface area contributed by atoms with E-state index >= 15 is 0 Å². The Labute approximate surface area is 165 Å². The van der Waals surface area contributed by atoms with Gasteiger partial charge < -0.3 is 19.4 Å². The molecule has 0 bridgehead atoms. The van der Waals surface area contributed by atoms with E-state index in [1.54, 1.807) is 14.2 Å². The standard InChI is InChI=1S/C22H27N3O3/c1-4-25-18-9-6-5-8-17(18)24-21(25)10-7-13-23-22(26)15-16-11-12-19(27-2)20(14-16)28-3/h5-6,8-9,11-12,14H,4,7,10,13,15H2,1-3H3,(H,23,26). The fraction of sp³-hybridized carbons (Fsp3) is 0.364. The van der Waals surface area contributed by atoms with E-state index in [1.807, 2.05) is 36.4 Å². The van der Waals surface area contributed by atoms with Gasteiger partial charge in [0.2, 0.25) is 5.91 Å². The van der Waals surface area contributed by atoms with Gasteiger partial charge in [0.1, 0.15) is 5.82 Å². The van der Waals surface area contributed by atoms with Gasteiger partial charge in [-0.3, -0.25) is 4.79 Å². The van der Waals surface area contributed by atoms with Crippen LogP contribution in [-0.4, -0.2) is 36.2 Å². The van der Waals surface area contributed by atoms with Crippen LogP contribution in [-0.2, 0) is 24.2 Å². The van der Waals surface area contributed by atoms with Crippen molar-refractivity contribution < 1.29 is 14.3 Å². The van der Waals surface area contributed by atoms with E-state index in [1.165, 1.54) is 0 Å². The minimum atomic E-state index is -0.00351.